The number of nitrogens with zero attached hydrogens (tertiary/aromatic N) is 4. The average Bonchev–Trinajstić information content (AvgIpc) is 2.99. The molecule has 0 bridgehead atoms. The number of rotatable bonds is 4. The second kappa shape index (κ2) is 8.11. The lowest BCUT2D eigenvalue weighted by Crippen LogP contribution is -2.47. The van der Waals surface area contributed by atoms with E-state index in [9.17, 15) is 19.7 Å². The number of nitro benzene ring substituents is 1. The van der Waals surface area contributed by atoms with E-state index in [1.807, 2.05) is 37.9 Å². The molecule has 31 heavy (non-hydrogen) atoms. The zero-order valence-electron chi connectivity index (χ0n) is 18.0. The van der Waals surface area contributed by atoms with Crippen LogP contribution in [-0.4, -0.2) is 59.8 Å². The largest absolute Gasteiger partial charge is 0.340 e. The molecule has 2 aliphatic heterocycles. The van der Waals surface area contributed by atoms with Crippen LogP contribution in [0.15, 0.2) is 36.4 Å². The number of likely N-dealkylation sites (N-methyl/N-ethyl adjacent to an activating group) is 1. The molecule has 0 N–H and O–H groups in total. The van der Waals surface area contributed by atoms with Crippen molar-refractivity contribution >= 4 is 23.2 Å². The Hall–Kier alpha value is -3.26. The first kappa shape index (κ1) is 21.0. The van der Waals surface area contributed by atoms with Crippen molar-refractivity contribution in [2.45, 2.75) is 26.3 Å². The number of piperazine rings is 1. The maximum absolute atomic E-state index is 13.4. The van der Waals surface area contributed by atoms with Crippen molar-refractivity contribution in [3.05, 3.63) is 68.8 Å². The summed E-state index contributed by atoms with van der Waals surface area (Å²) < 4.78 is 0. The Balaban J connectivity index is 1.72. The molecular weight excluding hydrogens is 396 g/mol. The third-order valence-electron chi connectivity index (χ3n) is 6.33. The lowest BCUT2D eigenvalue weighted by Gasteiger charge is -2.34. The van der Waals surface area contributed by atoms with E-state index in [2.05, 4.69) is 4.90 Å². The molecule has 0 radical (unpaired) electrons. The fourth-order valence-electron chi connectivity index (χ4n) is 4.32. The summed E-state index contributed by atoms with van der Waals surface area (Å²) >= 11 is 0. The minimum Gasteiger partial charge on any atom is -0.340 e. The second-order valence-electron chi connectivity index (χ2n) is 8.38. The number of aryl methyl sites for hydroxylation is 2. The Morgan fingerprint density at radius 3 is 2.45 bits per heavy atom. The van der Waals surface area contributed by atoms with Gasteiger partial charge in [0.05, 0.1) is 23.1 Å². The first-order chi connectivity index (χ1) is 14.8. The number of carbonyl (C=O) groups excluding carboxylic acids is 2. The summed E-state index contributed by atoms with van der Waals surface area (Å²) in [6, 6.07) is 9.39. The van der Waals surface area contributed by atoms with Crippen molar-refractivity contribution in [1.82, 2.24) is 9.80 Å². The summed E-state index contributed by atoms with van der Waals surface area (Å²) in [5.74, 6) is -0.234. The Morgan fingerprint density at radius 1 is 1.10 bits per heavy atom. The van der Waals surface area contributed by atoms with Gasteiger partial charge in [-0.1, -0.05) is 12.1 Å². The molecule has 0 spiro atoms. The van der Waals surface area contributed by atoms with Gasteiger partial charge in [-0.15, -0.1) is 0 Å². The molecular formula is C23H26N4O4. The second-order valence-corrected chi connectivity index (χ2v) is 8.38. The van der Waals surface area contributed by atoms with Crippen molar-refractivity contribution in [3.63, 3.8) is 0 Å². The molecule has 0 aromatic heterocycles. The third-order valence-corrected chi connectivity index (χ3v) is 6.33. The van der Waals surface area contributed by atoms with Crippen LogP contribution in [0.25, 0.3) is 0 Å². The van der Waals surface area contributed by atoms with Gasteiger partial charge in [-0.25, -0.2) is 0 Å². The predicted molar refractivity (Wildman–Crippen MR) is 117 cm³/mol. The van der Waals surface area contributed by atoms with Crippen molar-refractivity contribution in [2.24, 2.45) is 0 Å². The highest BCUT2D eigenvalue weighted by molar-refractivity contribution is 6.12. The summed E-state index contributed by atoms with van der Waals surface area (Å²) in [7, 11) is 2.03. The van der Waals surface area contributed by atoms with E-state index in [1.165, 1.54) is 12.1 Å². The fourth-order valence-corrected chi connectivity index (χ4v) is 4.32. The standard InChI is InChI=1S/C23H26N4O4/c1-15-11-19-20(12-16(15)2)23(29)26(17-5-4-6-18(13-17)27(30)31)21(19)14-22(28)25-9-7-24(3)8-10-25/h4-6,11-13,21H,7-10,14H2,1-3H3. The number of anilines is 1. The molecule has 0 aliphatic carbocycles. The monoisotopic (exact) mass is 422 g/mol. The van der Waals surface area contributed by atoms with Gasteiger partial charge in [-0.3, -0.25) is 19.7 Å². The normalized spacial score (nSPS) is 18.9. The summed E-state index contributed by atoms with van der Waals surface area (Å²) in [6.07, 6.45) is 0.146. The number of hydrogen-bond acceptors (Lipinski definition) is 5. The maximum atomic E-state index is 13.4. The molecule has 2 amide bonds. The molecule has 2 aliphatic rings. The molecule has 2 aromatic carbocycles. The Morgan fingerprint density at radius 2 is 1.77 bits per heavy atom. The van der Waals surface area contributed by atoms with E-state index >= 15 is 0 Å². The van der Waals surface area contributed by atoms with Crippen molar-refractivity contribution in [2.75, 3.05) is 38.1 Å². The number of fused-ring (bicyclic) bond motifs is 1. The zero-order chi connectivity index (χ0) is 22.3. The quantitative estimate of drug-likeness (QED) is 0.558. The van der Waals surface area contributed by atoms with E-state index in [1.54, 1.807) is 17.0 Å². The smallest absolute Gasteiger partial charge is 0.271 e. The first-order valence-corrected chi connectivity index (χ1v) is 10.4. The molecule has 2 heterocycles. The molecule has 8 heteroatoms. The molecule has 1 atom stereocenters. The highest BCUT2D eigenvalue weighted by atomic mass is 16.6. The van der Waals surface area contributed by atoms with E-state index in [4.69, 9.17) is 0 Å². The van der Waals surface area contributed by atoms with Crippen LogP contribution in [0.1, 0.15) is 39.5 Å². The lowest BCUT2D eigenvalue weighted by molar-refractivity contribution is -0.384. The molecule has 8 nitrogen and oxygen atoms in total. The zero-order valence-corrected chi connectivity index (χ0v) is 18.0. The van der Waals surface area contributed by atoms with Gasteiger partial charge in [0.1, 0.15) is 0 Å². The van der Waals surface area contributed by atoms with Crippen LogP contribution < -0.4 is 4.90 Å². The number of carbonyl (C=O) groups is 2. The summed E-state index contributed by atoms with van der Waals surface area (Å²) in [5, 5.41) is 11.3. The third kappa shape index (κ3) is 3.90. The Labute approximate surface area is 181 Å². The van der Waals surface area contributed by atoms with Gasteiger partial charge < -0.3 is 14.7 Å². The first-order valence-electron chi connectivity index (χ1n) is 10.4. The minimum atomic E-state index is -0.490. The highest BCUT2D eigenvalue weighted by Crippen LogP contribution is 2.41. The van der Waals surface area contributed by atoms with Gasteiger partial charge in [-0.05, 0) is 49.7 Å². The van der Waals surface area contributed by atoms with Gasteiger partial charge >= 0.3 is 0 Å². The summed E-state index contributed by atoms with van der Waals surface area (Å²) in [4.78, 5) is 42.9. The van der Waals surface area contributed by atoms with Gasteiger partial charge in [0, 0.05) is 43.9 Å². The average molecular weight is 422 g/mol. The van der Waals surface area contributed by atoms with Crippen LogP contribution in [0.3, 0.4) is 0 Å². The van der Waals surface area contributed by atoms with Crippen molar-refractivity contribution in [1.29, 1.82) is 0 Å². The van der Waals surface area contributed by atoms with Gasteiger partial charge in [0.2, 0.25) is 5.91 Å². The van der Waals surface area contributed by atoms with Gasteiger partial charge in [0.15, 0.2) is 0 Å². The number of benzene rings is 2. The topological polar surface area (TPSA) is 87.0 Å². The van der Waals surface area contributed by atoms with E-state index in [0.29, 0.717) is 24.3 Å². The van der Waals surface area contributed by atoms with E-state index in [-0.39, 0.29) is 23.9 Å². The highest BCUT2D eigenvalue weighted by Gasteiger charge is 2.40. The van der Waals surface area contributed by atoms with Crippen LogP contribution in [-0.2, 0) is 4.79 Å². The van der Waals surface area contributed by atoms with E-state index in [0.717, 1.165) is 29.8 Å². The fraction of sp³-hybridized carbons (Fsp3) is 0.391. The van der Waals surface area contributed by atoms with Crippen LogP contribution >= 0.6 is 0 Å². The molecule has 1 fully saturated rings. The molecule has 4 rings (SSSR count). The molecule has 2 aromatic rings. The Bertz CT molecular complexity index is 1060. The molecule has 1 saturated heterocycles. The lowest BCUT2D eigenvalue weighted by atomic mass is 9.96. The SMILES string of the molecule is Cc1cc2c(cc1C)C(CC(=O)N1CCN(C)CC1)N(c1cccc([N+](=O)[O-])c1)C2=O. The van der Waals surface area contributed by atoms with Crippen LogP contribution in [0, 0.1) is 24.0 Å². The van der Waals surface area contributed by atoms with Crippen LogP contribution in [0.2, 0.25) is 0 Å². The maximum Gasteiger partial charge on any atom is 0.271 e. The minimum absolute atomic E-state index is 0.00703. The Kier molecular flexibility index (Phi) is 5.49. The number of non-ortho nitro benzene ring substituents is 1. The van der Waals surface area contributed by atoms with Crippen molar-refractivity contribution in [3.8, 4) is 0 Å². The summed E-state index contributed by atoms with van der Waals surface area (Å²) in [6.45, 7) is 6.88. The van der Waals surface area contributed by atoms with E-state index < -0.39 is 11.0 Å². The molecule has 0 saturated carbocycles. The van der Waals surface area contributed by atoms with Gasteiger partial charge in [0.25, 0.3) is 11.6 Å². The number of nitro groups is 1. The van der Waals surface area contributed by atoms with Crippen LogP contribution in [0.4, 0.5) is 11.4 Å². The van der Waals surface area contributed by atoms with Crippen LogP contribution in [0.5, 0.6) is 0 Å². The number of amides is 2. The van der Waals surface area contributed by atoms with Crippen molar-refractivity contribution < 1.29 is 14.5 Å². The predicted octanol–water partition coefficient (Wildman–Crippen LogP) is 3.08. The molecule has 162 valence electrons. The number of hydrogen-bond donors (Lipinski definition) is 0. The van der Waals surface area contributed by atoms with Gasteiger partial charge in [-0.2, -0.15) is 0 Å². The summed E-state index contributed by atoms with van der Waals surface area (Å²) in [5.41, 5.74) is 3.76. The molecule has 1 unspecified atom stereocenters.